The molecule has 7 heteroatoms. The lowest BCUT2D eigenvalue weighted by molar-refractivity contribution is -0.124. The van der Waals surface area contributed by atoms with Gasteiger partial charge in [0.15, 0.2) is 0 Å². The Kier molecular flexibility index (Phi) is 4.38. The van der Waals surface area contributed by atoms with Crippen molar-refractivity contribution in [3.8, 4) is 0 Å². The van der Waals surface area contributed by atoms with Crippen molar-refractivity contribution in [3.05, 3.63) is 65.5 Å². The molecule has 1 atom stereocenters. The second kappa shape index (κ2) is 6.33. The van der Waals surface area contributed by atoms with Crippen molar-refractivity contribution in [1.29, 1.82) is 0 Å². The number of halogens is 1. The van der Waals surface area contributed by atoms with Gasteiger partial charge in [-0.05, 0) is 41.8 Å². The van der Waals surface area contributed by atoms with Crippen LogP contribution in [0.1, 0.15) is 11.1 Å². The molecule has 1 N–H and O–H groups in total. The molecule has 3 rings (SSSR count). The van der Waals surface area contributed by atoms with Gasteiger partial charge < -0.3 is 5.32 Å². The minimum Gasteiger partial charge on any atom is -0.358 e. The molecule has 2 aromatic rings. The fourth-order valence-corrected chi connectivity index (χ4v) is 4.45. The summed E-state index contributed by atoms with van der Waals surface area (Å²) in [4.78, 5) is 12.2. The van der Waals surface area contributed by atoms with Gasteiger partial charge in [-0.15, -0.1) is 0 Å². The Hall–Kier alpha value is -2.25. The fraction of sp³-hybridized carbons (Fsp3) is 0.235. The first-order chi connectivity index (χ1) is 11.4. The van der Waals surface area contributed by atoms with Gasteiger partial charge >= 0.3 is 0 Å². The molecular weight excluding hydrogens is 331 g/mol. The highest BCUT2D eigenvalue weighted by Crippen LogP contribution is 2.29. The molecule has 2 aromatic carbocycles. The Morgan fingerprint density at radius 3 is 2.38 bits per heavy atom. The highest BCUT2D eigenvalue weighted by Gasteiger charge is 2.39. The van der Waals surface area contributed by atoms with E-state index in [1.54, 1.807) is 0 Å². The molecule has 1 aliphatic heterocycles. The Balaban J connectivity index is 2.05. The predicted molar refractivity (Wildman–Crippen MR) is 87.1 cm³/mol. The Morgan fingerprint density at radius 1 is 1.12 bits per heavy atom. The van der Waals surface area contributed by atoms with E-state index in [0.29, 0.717) is 6.42 Å². The van der Waals surface area contributed by atoms with E-state index in [-0.39, 0.29) is 17.3 Å². The summed E-state index contributed by atoms with van der Waals surface area (Å²) in [6.07, 6.45) is 0.302. The maximum absolute atomic E-state index is 13.1. The Morgan fingerprint density at radius 2 is 1.75 bits per heavy atom. The molecule has 0 aliphatic carbocycles. The van der Waals surface area contributed by atoms with Crippen molar-refractivity contribution >= 4 is 15.9 Å². The smallest absolute Gasteiger partial charge is 0.244 e. The van der Waals surface area contributed by atoms with Gasteiger partial charge in [-0.3, -0.25) is 4.79 Å². The van der Waals surface area contributed by atoms with Crippen molar-refractivity contribution in [2.24, 2.45) is 0 Å². The Labute approximate surface area is 140 Å². The molecule has 126 valence electrons. The van der Waals surface area contributed by atoms with Gasteiger partial charge in [0.05, 0.1) is 4.90 Å². The van der Waals surface area contributed by atoms with E-state index in [0.717, 1.165) is 23.3 Å². The lowest BCUT2D eigenvalue weighted by Gasteiger charge is -2.34. The number of sulfonamides is 1. The summed E-state index contributed by atoms with van der Waals surface area (Å²) in [7, 11) is -2.44. The van der Waals surface area contributed by atoms with Gasteiger partial charge in [0.2, 0.25) is 15.9 Å². The number of hydrogen-bond donors (Lipinski definition) is 1. The number of fused-ring (bicyclic) bond motifs is 1. The monoisotopic (exact) mass is 348 g/mol. The molecule has 0 saturated carbocycles. The quantitative estimate of drug-likeness (QED) is 0.918. The predicted octanol–water partition coefficient (Wildman–Crippen LogP) is 1.69. The van der Waals surface area contributed by atoms with E-state index in [1.807, 2.05) is 24.3 Å². The van der Waals surface area contributed by atoms with Crippen LogP contribution in [0, 0.1) is 5.82 Å². The summed E-state index contributed by atoms with van der Waals surface area (Å²) in [5.74, 6) is -0.879. The number of hydrogen-bond acceptors (Lipinski definition) is 3. The molecule has 1 heterocycles. The van der Waals surface area contributed by atoms with E-state index in [1.165, 1.54) is 23.5 Å². The molecular formula is C17H17FN2O3S. The van der Waals surface area contributed by atoms with Crippen LogP contribution in [0.5, 0.6) is 0 Å². The van der Waals surface area contributed by atoms with Gasteiger partial charge in [-0.2, -0.15) is 4.31 Å². The summed E-state index contributed by atoms with van der Waals surface area (Å²) in [5.41, 5.74) is 1.82. The van der Waals surface area contributed by atoms with E-state index < -0.39 is 21.9 Å². The van der Waals surface area contributed by atoms with Crippen LogP contribution in [-0.4, -0.2) is 31.7 Å². The standard InChI is InChI=1S/C17H17FN2O3S/c1-19-17(21)16-10-12-4-2-3-5-13(12)11-20(16)24(22,23)15-8-6-14(18)7-9-15/h2-9,16H,10-11H2,1H3,(H,19,21). The summed E-state index contributed by atoms with van der Waals surface area (Å²) in [6, 6.07) is 11.2. The maximum Gasteiger partial charge on any atom is 0.244 e. The number of amides is 1. The molecule has 0 aromatic heterocycles. The molecule has 0 saturated heterocycles. The lowest BCUT2D eigenvalue weighted by Crippen LogP contribution is -2.51. The van der Waals surface area contributed by atoms with Crippen LogP contribution in [0.15, 0.2) is 53.4 Å². The normalized spacial score (nSPS) is 18.0. The van der Waals surface area contributed by atoms with Crippen LogP contribution in [0.3, 0.4) is 0 Å². The minimum atomic E-state index is -3.92. The molecule has 1 amide bonds. The van der Waals surface area contributed by atoms with E-state index >= 15 is 0 Å². The van der Waals surface area contributed by atoms with Crippen molar-refractivity contribution in [2.75, 3.05) is 7.05 Å². The zero-order valence-electron chi connectivity index (χ0n) is 13.1. The fourth-order valence-electron chi connectivity index (χ4n) is 2.88. The zero-order chi connectivity index (χ0) is 17.3. The second-order valence-electron chi connectivity index (χ2n) is 5.61. The number of nitrogens with zero attached hydrogens (tertiary/aromatic N) is 1. The summed E-state index contributed by atoms with van der Waals surface area (Å²) in [6.45, 7) is 0.105. The SMILES string of the molecule is CNC(=O)C1Cc2ccccc2CN1S(=O)(=O)c1ccc(F)cc1. The highest BCUT2D eigenvalue weighted by molar-refractivity contribution is 7.89. The zero-order valence-corrected chi connectivity index (χ0v) is 13.9. The van der Waals surface area contributed by atoms with Crippen LogP contribution < -0.4 is 5.32 Å². The van der Waals surface area contributed by atoms with Crippen LogP contribution in [0.25, 0.3) is 0 Å². The lowest BCUT2D eigenvalue weighted by atomic mass is 9.95. The average Bonchev–Trinajstić information content (AvgIpc) is 2.60. The number of likely N-dealkylation sites (N-methyl/N-ethyl adjacent to an activating group) is 1. The summed E-state index contributed by atoms with van der Waals surface area (Å²) < 4.78 is 40.2. The maximum atomic E-state index is 13.1. The van der Waals surface area contributed by atoms with Crippen molar-refractivity contribution in [1.82, 2.24) is 9.62 Å². The third-order valence-electron chi connectivity index (χ3n) is 4.17. The number of carbonyl (C=O) groups is 1. The van der Waals surface area contributed by atoms with Crippen LogP contribution in [0.2, 0.25) is 0 Å². The first kappa shape index (κ1) is 16.6. The summed E-state index contributed by atoms with van der Waals surface area (Å²) >= 11 is 0. The minimum absolute atomic E-state index is 0.0304. The first-order valence-electron chi connectivity index (χ1n) is 7.49. The second-order valence-corrected chi connectivity index (χ2v) is 7.50. The molecule has 5 nitrogen and oxygen atoms in total. The topological polar surface area (TPSA) is 66.5 Å². The number of nitrogens with one attached hydrogen (secondary N) is 1. The van der Waals surface area contributed by atoms with Gasteiger partial charge in [0.1, 0.15) is 11.9 Å². The van der Waals surface area contributed by atoms with Crippen molar-refractivity contribution in [2.45, 2.75) is 23.9 Å². The van der Waals surface area contributed by atoms with Crippen LogP contribution in [-0.2, 0) is 27.8 Å². The third kappa shape index (κ3) is 2.92. The highest BCUT2D eigenvalue weighted by atomic mass is 32.2. The van der Waals surface area contributed by atoms with E-state index in [9.17, 15) is 17.6 Å². The average molecular weight is 348 g/mol. The van der Waals surface area contributed by atoms with Crippen LogP contribution in [0.4, 0.5) is 4.39 Å². The number of benzene rings is 2. The van der Waals surface area contributed by atoms with Gasteiger partial charge in [-0.25, -0.2) is 12.8 Å². The van der Waals surface area contributed by atoms with Gasteiger partial charge in [-0.1, -0.05) is 24.3 Å². The molecule has 0 fully saturated rings. The van der Waals surface area contributed by atoms with E-state index in [2.05, 4.69) is 5.32 Å². The molecule has 24 heavy (non-hydrogen) atoms. The molecule has 0 bridgehead atoms. The Bertz CT molecular complexity index is 866. The largest absolute Gasteiger partial charge is 0.358 e. The van der Waals surface area contributed by atoms with Crippen molar-refractivity contribution in [3.63, 3.8) is 0 Å². The number of carbonyl (C=O) groups excluding carboxylic acids is 1. The molecule has 0 spiro atoms. The molecule has 1 unspecified atom stereocenters. The van der Waals surface area contributed by atoms with E-state index in [4.69, 9.17) is 0 Å². The van der Waals surface area contributed by atoms with Gasteiger partial charge in [0.25, 0.3) is 0 Å². The van der Waals surface area contributed by atoms with Crippen LogP contribution >= 0.6 is 0 Å². The first-order valence-corrected chi connectivity index (χ1v) is 8.93. The molecule has 1 aliphatic rings. The number of rotatable bonds is 3. The van der Waals surface area contributed by atoms with Gasteiger partial charge in [0, 0.05) is 13.6 Å². The van der Waals surface area contributed by atoms with Crippen molar-refractivity contribution < 1.29 is 17.6 Å². The third-order valence-corrected chi connectivity index (χ3v) is 6.04. The molecule has 0 radical (unpaired) electrons. The summed E-state index contributed by atoms with van der Waals surface area (Å²) in [5, 5.41) is 2.52.